The van der Waals surface area contributed by atoms with Gasteiger partial charge in [0.25, 0.3) is 5.91 Å². The van der Waals surface area contributed by atoms with Crippen LogP contribution in [0.2, 0.25) is 5.02 Å². The number of β-amino-alcohol motifs (C(OH)–C–C–N with tert-alkyl or cyclic N) is 1. The number of aliphatic hydroxyl groups excluding tert-OH is 1. The highest BCUT2D eigenvalue weighted by Gasteiger charge is 2.20. The third kappa shape index (κ3) is 5.01. The zero-order chi connectivity index (χ0) is 23.4. The van der Waals surface area contributed by atoms with Gasteiger partial charge in [0.05, 0.1) is 41.0 Å². The van der Waals surface area contributed by atoms with Crippen LogP contribution in [0.25, 0.3) is 5.69 Å². The van der Waals surface area contributed by atoms with E-state index in [9.17, 15) is 10.1 Å². The lowest BCUT2D eigenvalue weighted by Gasteiger charge is -2.36. The lowest BCUT2D eigenvalue weighted by molar-refractivity contribution is 0.102. The minimum absolute atomic E-state index is 0.149. The molecule has 2 aromatic carbocycles. The minimum Gasteiger partial charge on any atom is -0.395 e. The number of nitrogens with one attached hydrogen (secondary N) is 1. The Bertz CT molecular complexity index is 1180. The van der Waals surface area contributed by atoms with E-state index < -0.39 is 0 Å². The van der Waals surface area contributed by atoms with E-state index in [4.69, 9.17) is 16.7 Å². The molecule has 3 aromatic rings. The second-order valence-electron chi connectivity index (χ2n) is 7.88. The fourth-order valence-electron chi connectivity index (χ4n) is 4.01. The Morgan fingerprint density at radius 3 is 2.58 bits per heavy atom. The molecule has 4 rings (SSSR count). The highest BCUT2D eigenvalue weighted by atomic mass is 35.5. The van der Waals surface area contributed by atoms with Gasteiger partial charge in [0.1, 0.15) is 6.07 Å². The summed E-state index contributed by atoms with van der Waals surface area (Å²) < 4.78 is 1.69. The topological polar surface area (TPSA) is 97.4 Å². The molecule has 0 unspecified atom stereocenters. The van der Waals surface area contributed by atoms with Gasteiger partial charge in [0.15, 0.2) is 0 Å². The van der Waals surface area contributed by atoms with Crippen LogP contribution in [0.3, 0.4) is 0 Å². The number of benzene rings is 2. The molecule has 170 valence electrons. The van der Waals surface area contributed by atoms with E-state index in [0.717, 1.165) is 37.6 Å². The molecule has 2 heterocycles. The normalized spacial score (nSPS) is 14.2. The Morgan fingerprint density at radius 2 is 1.91 bits per heavy atom. The van der Waals surface area contributed by atoms with Crippen LogP contribution in [0.4, 0.5) is 11.4 Å². The zero-order valence-electron chi connectivity index (χ0n) is 18.3. The lowest BCUT2D eigenvalue weighted by Crippen LogP contribution is -2.47. The van der Waals surface area contributed by atoms with E-state index in [0.29, 0.717) is 34.1 Å². The summed E-state index contributed by atoms with van der Waals surface area (Å²) in [5.41, 5.74) is 3.88. The second kappa shape index (κ2) is 10.0. The van der Waals surface area contributed by atoms with Gasteiger partial charge in [0, 0.05) is 43.4 Å². The second-order valence-corrected chi connectivity index (χ2v) is 8.32. The molecule has 1 aromatic heterocycles. The molecule has 1 aliphatic rings. The number of rotatable bonds is 6. The van der Waals surface area contributed by atoms with Crippen molar-refractivity contribution < 1.29 is 9.90 Å². The molecular weight excluding hydrogens is 440 g/mol. The molecule has 9 heteroatoms. The summed E-state index contributed by atoms with van der Waals surface area (Å²) in [6.07, 6.45) is 1.53. The Hall–Kier alpha value is -3.38. The maximum absolute atomic E-state index is 12.9. The molecule has 0 bridgehead atoms. The van der Waals surface area contributed by atoms with Crippen LogP contribution in [0, 0.1) is 18.3 Å². The molecule has 0 radical (unpaired) electrons. The molecular formula is C24H25ClN6O2. The maximum Gasteiger partial charge on any atom is 0.259 e. The van der Waals surface area contributed by atoms with Gasteiger partial charge in [0.2, 0.25) is 0 Å². The number of nitriles is 1. The molecule has 1 fully saturated rings. The van der Waals surface area contributed by atoms with Crippen LogP contribution >= 0.6 is 11.6 Å². The first-order valence-electron chi connectivity index (χ1n) is 10.7. The van der Waals surface area contributed by atoms with Gasteiger partial charge in [-0.1, -0.05) is 11.6 Å². The number of piperazine rings is 1. The Labute approximate surface area is 197 Å². The summed E-state index contributed by atoms with van der Waals surface area (Å²) in [6.45, 7) is 5.87. The number of hydrogen-bond acceptors (Lipinski definition) is 6. The predicted molar refractivity (Wildman–Crippen MR) is 128 cm³/mol. The molecule has 0 aliphatic carbocycles. The van der Waals surface area contributed by atoms with Crippen LogP contribution in [0.1, 0.15) is 21.6 Å². The molecule has 33 heavy (non-hydrogen) atoms. The van der Waals surface area contributed by atoms with Crippen LogP contribution in [0.15, 0.2) is 48.7 Å². The van der Waals surface area contributed by atoms with E-state index in [1.165, 1.54) is 6.20 Å². The summed E-state index contributed by atoms with van der Waals surface area (Å²) >= 11 is 5.96. The van der Waals surface area contributed by atoms with E-state index in [1.807, 2.05) is 31.2 Å². The quantitative estimate of drug-likeness (QED) is 0.582. The summed E-state index contributed by atoms with van der Waals surface area (Å²) in [7, 11) is 0. The molecule has 0 spiro atoms. The van der Waals surface area contributed by atoms with Crippen molar-refractivity contribution in [3.63, 3.8) is 0 Å². The van der Waals surface area contributed by atoms with Crippen LogP contribution in [-0.2, 0) is 0 Å². The van der Waals surface area contributed by atoms with E-state index in [-0.39, 0.29) is 12.5 Å². The number of aromatic nitrogens is 2. The molecule has 1 aliphatic heterocycles. The number of amides is 1. The van der Waals surface area contributed by atoms with Gasteiger partial charge in [-0.05, 0) is 49.4 Å². The Kier molecular flexibility index (Phi) is 6.94. The number of aliphatic hydroxyl groups is 1. The number of anilines is 2. The van der Waals surface area contributed by atoms with Gasteiger partial charge in [-0.2, -0.15) is 10.4 Å². The predicted octanol–water partition coefficient (Wildman–Crippen LogP) is 3.07. The summed E-state index contributed by atoms with van der Waals surface area (Å²) in [5.74, 6) is -0.290. The fourth-order valence-corrected chi connectivity index (χ4v) is 4.13. The third-order valence-corrected chi connectivity index (χ3v) is 6.08. The summed E-state index contributed by atoms with van der Waals surface area (Å²) in [5, 5.41) is 26.7. The van der Waals surface area contributed by atoms with Crippen molar-refractivity contribution in [3.05, 3.63) is 70.5 Å². The van der Waals surface area contributed by atoms with Gasteiger partial charge in [-0.25, -0.2) is 4.68 Å². The van der Waals surface area contributed by atoms with Crippen LogP contribution in [-0.4, -0.2) is 65.0 Å². The molecule has 2 N–H and O–H groups in total. The number of nitrogens with zero attached hydrogens (tertiary/aromatic N) is 5. The van der Waals surface area contributed by atoms with Gasteiger partial charge in [-0.15, -0.1) is 0 Å². The maximum atomic E-state index is 12.9. The summed E-state index contributed by atoms with van der Waals surface area (Å²) in [6, 6.07) is 14.9. The summed E-state index contributed by atoms with van der Waals surface area (Å²) in [4.78, 5) is 17.3. The fraction of sp³-hybridized carbons (Fsp3) is 0.292. The lowest BCUT2D eigenvalue weighted by atomic mass is 10.1. The van der Waals surface area contributed by atoms with E-state index in [2.05, 4.69) is 26.3 Å². The standard InChI is InChI=1S/C24H25ClN6O2/c1-17-22(16-27-31(17)21-5-2-19(25)3-6-21)24(33)28-20-4-7-23(18(14-20)15-26)30-10-8-29(9-11-30)12-13-32/h2-7,14,16,32H,8-13H2,1H3,(H,28,33). The zero-order valence-corrected chi connectivity index (χ0v) is 19.1. The number of carbonyl (C=O) groups excluding carboxylic acids is 1. The van der Waals surface area contributed by atoms with Crippen LogP contribution in [0.5, 0.6) is 0 Å². The first-order valence-corrected chi connectivity index (χ1v) is 11.1. The highest BCUT2D eigenvalue weighted by molar-refractivity contribution is 6.30. The molecule has 0 saturated carbocycles. The van der Waals surface area contributed by atoms with Crippen molar-refractivity contribution in [1.29, 1.82) is 5.26 Å². The molecule has 1 saturated heterocycles. The Balaban J connectivity index is 1.48. The smallest absolute Gasteiger partial charge is 0.259 e. The molecule has 8 nitrogen and oxygen atoms in total. The minimum atomic E-state index is -0.290. The van der Waals surface area contributed by atoms with Gasteiger partial charge >= 0.3 is 0 Å². The van der Waals surface area contributed by atoms with Crippen molar-refractivity contribution >= 4 is 28.9 Å². The molecule has 1 amide bonds. The van der Waals surface area contributed by atoms with Crippen molar-refractivity contribution in [2.75, 3.05) is 49.5 Å². The van der Waals surface area contributed by atoms with Gasteiger partial charge < -0.3 is 15.3 Å². The van der Waals surface area contributed by atoms with Crippen LogP contribution < -0.4 is 10.2 Å². The van der Waals surface area contributed by atoms with Crippen molar-refractivity contribution in [1.82, 2.24) is 14.7 Å². The monoisotopic (exact) mass is 464 g/mol. The Morgan fingerprint density at radius 1 is 1.18 bits per heavy atom. The van der Waals surface area contributed by atoms with Crippen molar-refractivity contribution in [2.45, 2.75) is 6.92 Å². The van der Waals surface area contributed by atoms with Crippen molar-refractivity contribution in [2.24, 2.45) is 0 Å². The SMILES string of the molecule is Cc1c(C(=O)Nc2ccc(N3CCN(CCO)CC3)c(C#N)c2)cnn1-c1ccc(Cl)cc1. The number of hydrogen-bond donors (Lipinski definition) is 2. The first kappa shape index (κ1) is 22.8. The van der Waals surface area contributed by atoms with Crippen molar-refractivity contribution in [3.8, 4) is 11.8 Å². The average molecular weight is 465 g/mol. The third-order valence-electron chi connectivity index (χ3n) is 5.83. The molecule has 0 atom stereocenters. The largest absolute Gasteiger partial charge is 0.395 e. The van der Waals surface area contributed by atoms with E-state index >= 15 is 0 Å². The number of halogens is 1. The van der Waals surface area contributed by atoms with E-state index in [1.54, 1.807) is 22.9 Å². The first-order chi connectivity index (χ1) is 16.0. The number of carbonyl (C=O) groups is 1. The highest BCUT2D eigenvalue weighted by Crippen LogP contribution is 2.26. The van der Waals surface area contributed by atoms with Gasteiger partial charge in [-0.3, -0.25) is 9.69 Å². The average Bonchev–Trinajstić information content (AvgIpc) is 3.21.